The second-order valence-corrected chi connectivity index (χ2v) is 11.7. The lowest BCUT2D eigenvalue weighted by Gasteiger charge is -2.43. The smallest absolute Gasteiger partial charge is 0.261 e. The van der Waals surface area contributed by atoms with Crippen molar-refractivity contribution in [2.24, 2.45) is 0 Å². The van der Waals surface area contributed by atoms with Crippen LogP contribution in [0.5, 0.6) is 0 Å². The summed E-state index contributed by atoms with van der Waals surface area (Å²) in [5.74, 6) is 0. The van der Waals surface area contributed by atoms with Crippen molar-refractivity contribution in [2.75, 3.05) is 6.61 Å². The Labute approximate surface area is 152 Å². The first-order valence-electron chi connectivity index (χ1n) is 8.79. The van der Waals surface area contributed by atoms with Gasteiger partial charge in [0.25, 0.3) is 8.32 Å². The second kappa shape index (κ2) is 8.41. The monoisotopic (exact) mass is 352 g/mol. The molecule has 3 heteroatoms. The summed E-state index contributed by atoms with van der Waals surface area (Å²) in [6.07, 6.45) is 3.59. The summed E-state index contributed by atoms with van der Waals surface area (Å²) in [4.78, 5) is 10.8. The van der Waals surface area contributed by atoms with E-state index in [-0.39, 0.29) is 5.04 Å². The molecule has 0 aromatic heterocycles. The Kier molecular flexibility index (Phi) is 6.51. The molecule has 0 spiro atoms. The molecule has 0 N–H and O–H groups in total. The molecule has 0 saturated carbocycles. The van der Waals surface area contributed by atoms with Gasteiger partial charge in [0, 0.05) is 6.61 Å². The fourth-order valence-electron chi connectivity index (χ4n) is 3.31. The summed E-state index contributed by atoms with van der Waals surface area (Å²) in [5, 5.41) is 2.55. The number of hydrogen-bond acceptors (Lipinski definition) is 2. The highest BCUT2D eigenvalue weighted by molar-refractivity contribution is 6.99. The molecule has 0 aliphatic heterocycles. The summed E-state index contributed by atoms with van der Waals surface area (Å²) >= 11 is 0. The van der Waals surface area contributed by atoms with Crippen LogP contribution in [0.3, 0.4) is 0 Å². The summed E-state index contributed by atoms with van der Waals surface area (Å²) in [5.41, 5.74) is 0.756. The molecular formula is C22H28O2Si. The van der Waals surface area contributed by atoms with Crippen molar-refractivity contribution in [1.29, 1.82) is 0 Å². The summed E-state index contributed by atoms with van der Waals surface area (Å²) in [6.45, 7) is 9.25. The molecule has 0 fully saturated rings. The molecule has 0 saturated heterocycles. The van der Waals surface area contributed by atoms with Crippen molar-refractivity contribution in [1.82, 2.24) is 0 Å². The molecule has 0 unspecified atom stereocenters. The lowest BCUT2D eigenvalue weighted by atomic mass is 10.2. The van der Waals surface area contributed by atoms with Gasteiger partial charge in [-0.05, 0) is 34.3 Å². The van der Waals surface area contributed by atoms with Crippen LogP contribution in [-0.4, -0.2) is 21.2 Å². The molecule has 0 bridgehead atoms. The van der Waals surface area contributed by atoms with Crippen molar-refractivity contribution in [3.05, 3.63) is 72.3 Å². The maximum absolute atomic E-state index is 10.8. The first-order chi connectivity index (χ1) is 11.9. The summed E-state index contributed by atoms with van der Waals surface area (Å²) < 4.78 is 6.74. The fourth-order valence-corrected chi connectivity index (χ4v) is 7.89. The van der Waals surface area contributed by atoms with E-state index in [1.807, 2.05) is 25.1 Å². The lowest BCUT2D eigenvalue weighted by Crippen LogP contribution is -2.66. The maximum Gasteiger partial charge on any atom is 0.261 e. The van der Waals surface area contributed by atoms with Gasteiger partial charge in [-0.25, -0.2) is 0 Å². The highest BCUT2D eigenvalue weighted by Gasteiger charge is 2.49. The molecule has 25 heavy (non-hydrogen) atoms. The minimum atomic E-state index is -2.45. The normalized spacial score (nSPS) is 12.9. The van der Waals surface area contributed by atoms with Gasteiger partial charge >= 0.3 is 0 Å². The number of rotatable bonds is 7. The Bertz CT molecular complexity index is 660. The zero-order chi connectivity index (χ0) is 18.3. The largest absolute Gasteiger partial charge is 0.407 e. The van der Waals surface area contributed by atoms with E-state index in [2.05, 4.69) is 69.3 Å². The van der Waals surface area contributed by atoms with E-state index in [1.165, 1.54) is 10.4 Å². The van der Waals surface area contributed by atoms with Crippen LogP contribution in [0.4, 0.5) is 0 Å². The minimum absolute atomic E-state index is 0.0148. The Morgan fingerprint density at radius 2 is 1.44 bits per heavy atom. The molecule has 2 nitrogen and oxygen atoms in total. The van der Waals surface area contributed by atoms with Gasteiger partial charge < -0.3 is 4.43 Å². The Balaban J connectivity index is 2.47. The molecule has 2 aromatic rings. The van der Waals surface area contributed by atoms with Crippen molar-refractivity contribution >= 4 is 25.0 Å². The SMILES string of the molecule is C/C(C=O)=C/CCO[Si](c1ccccc1)(c1ccccc1)C(C)(C)C. The van der Waals surface area contributed by atoms with E-state index < -0.39 is 8.32 Å². The number of carbonyl (C=O) groups is 1. The number of benzene rings is 2. The van der Waals surface area contributed by atoms with Gasteiger partial charge in [-0.1, -0.05) is 87.5 Å². The number of aldehydes is 1. The highest BCUT2D eigenvalue weighted by atomic mass is 28.4. The molecule has 0 aliphatic carbocycles. The average molecular weight is 353 g/mol. The van der Waals surface area contributed by atoms with E-state index in [0.717, 1.165) is 18.3 Å². The van der Waals surface area contributed by atoms with Gasteiger partial charge in [0.1, 0.15) is 6.29 Å². The van der Waals surface area contributed by atoms with Crippen LogP contribution in [0, 0.1) is 0 Å². The summed E-state index contributed by atoms with van der Waals surface area (Å²) in [7, 11) is -2.45. The topological polar surface area (TPSA) is 26.3 Å². The first kappa shape index (κ1) is 19.4. The van der Waals surface area contributed by atoms with Crippen molar-refractivity contribution in [2.45, 2.75) is 39.2 Å². The van der Waals surface area contributed by atoms with Gasteiger partial charge in [-0.2, -0.15) is 0 Å². The maximum atomic E-state index is 10.8. The second-order valence-electron chi connectivity index (χ2n) is 7.37. The van der Waals surface area contributed by atoms with E-state index in [1.54, 1.807) is 0 Å². The molecule has 0 amide bonds. The standard InChI is InChI=1S/C22H28O2Si/c1-19(18-23)12-11-17-24-25(22(2,3)4,20-13-7-5-8-14-20)21-15-9-6-10-16-21/h5-10,12-16,18H,11,17H2,1-4H3/b19-12-. The third kappa shape index (κ3) is 4.36. The van der Waals surface area contributed by atoms with Gasteiger partial charge in [0.05, 0.1) is 0 Å². The van der Waals surface area contributed by atoms with Gasteiger partial charge in [0.15, 0.2) is 0 Å². The highest BCUT2D eigenvalue weighted by Crippen LogP contribution is 2.36. The van der Waals surface area contributed by atoms with E-state index in [0.29, 0.717) is 6.61 Å². The number of allylic oxidation sites excluding steroid dienone is 1. The molecule has 0 aliphatic rings. The molecule has 0 radical (unpaired) electrons. The third-order valence-electron chi connectivity index (χ3n) is 4.51. The Morgan fingerprint density at radius 1 is 0.960 bits per heavy atom. The van der Waals surface area contributed by atoms with Crippen LogP contribution in [0.15, 0.2) is 72.3 Å². The zero-order valence-electron chi connectivity index (χ0n) is 15.7. The fraction of sp³-hybridized carbons (Fsp3) is 0.318. The number of carbonyl (C=O) groups excluding carboxylic acids is 1. The van der Waals surface area contributed by atoms with Gasteiger partial charge in [0.2, 0.25) is 0 Å². The van der Waals surface area contributed by atoms with Crippen molar-refractivity contribution < 1.29 is 9.22 Å². The quantitative estimate of drug-likeness (QED) is 0.325. The molecular weight excluding hydrogens is 324 g/mol. The average Bonchev–Trinajstić information content (AvgIpc) is 2.62. The van der Waals surface area contributed by atoms with Crippen LogP contribution in [0.2, 0.25) is 5.04 Å². The van der Waals surface area contributed by atoms with Gasteiger partial charge in [-0.15, -0.1) is 0 Å². The predicted molar refractivity (Wildman–Crippen MR) is 108 cm³/mol. The first-order valence-corrected chi connectivity index (χ1v) is 10.7. The van der Waals surface area contributed by atoms with Crippen LogP contribution in [0.1, 0.15) is 34.1 Å². The minimum Gasteiger partial charge on any atom is -0.407 e. The molecule has 2 aromatic carbocycles. The molecule has 132 valence electrons. The molecule has 0 heterocycles. The Morgan fingerprint density at radius 3 is 1.84 bits per heavy atom. The van der Waals surface area contributed by atoms with E-state index in [9.17, 15) is 4.79 Å². The van der Waals surface area contributed by atoms with Crippen molar-refractivity contribution in [3.63, 3.8) is 0 Å². The van der Waals surface area contributed by atoms with E-state index in [4.69, 9.17) is 4.43 Å². The van der Waals surface area contributed by atoms with Crippen LogP contribution < -0.4 is 10.4 Å². The van der Waals surface area contributed by atoms with E-state index >= 15 is 0 Å². The Hall–Kier alpha value is -1.97. The predicted octanol–water partition coefficient (Wildman–Crippen LogP) is 4.10. The van der Waals surface area contributed by atoms with Crippen LogP contribution in [-0.2, 0) is 9.22 Å². The number of hydrogen-bond donors (Lipinski definition) is 0. The van der Waals surface area contributed by atoms with Crippen molar-refractivity contribution in [3.8, 4) is 0 Å². The van der Waals surface area contributed by atoms with Crippen LogP contribution in [0.25, 0.3) is 0 Å². The third-order valence-corrected chi connectivity index (χ3v) is 9.55. The van der Waals surface area contributed by atoms with Crippen LogP contribution >= 0.6 is 0 Å². The summed E-state index contributed by atoms with van der Waals surface area (Å²) in [6, 6.07) is 21.2. The lowest BCUT2D eigenvalue weighted by molar-refractivity contribution is -0.104. The molecule has 2 rings (SSSR count). The van der Waals surface area contributed by atoms with Gasteiger partial charge in [-0.3, -0.25) is 4.79 Å². The molecule has 0 atom stereocenters. The zero-order valence-corrected chi connectivity index (χ0v) is 16.7.